The predicted molar refractivity (Wildman–Crippen MR) is 115 cm³/mol. The van der Waals surface area contributed by atoms with E-state index in [0.29, 0.717) is 5.56 Å². The Bertz CT molecular complexity index is 753. The first-order valence-electron chi connectivity index (χ1n) is 9.52. The van der Waals surface area contributed by atoms with Crippen LogP contribution in [0, 0.1) is 5.82 Å². The summed E-state index contributed by atoms with van der Waals surface area (Å²) in [7, 11) is 0. The zero-order valence-electron chi connectivity index (χ0n) is 18.4. The van der Waals surface area contributed by atoms with Crippen molar-refractivity contribution in [3.05, 3.63) is 70.8 Å². The molecular formula is C22H30FLiN2O4. The Labute approximate surface area is 190 Å². The Kier molecular flexibility index (Phi) is 17.4. The second kappa shape index (κ2) is 17.5. The van der Waals surface area contributed by atoms with E-state index in [-0.39, 0.29) is 24.4 Å². The van der Waals surface area contributed by atoms with Crippen molar-refractivity contribution < 1.29 is 43.1 Å². The van der Waals surface area contributed by atoms with Crippen LogP contribution in [0.15, 0.2) is 48.5 Å². The fourth-order valence-electron chi connectivity index (χ4n) is 2.35. The molecule has 0 aliphatic heterocycles. The quantitative estimate of drug-likeness (QED) is 0.680. The van der Waals surface area contributed by atoms with Gasteiger partial charge in [0, 0.05) is 13.1 Å². The summed E-state index contributed by atoms with van der Waals surface area (Å²) in [5, 5.41) is 21.3. The van der Waals surface area contributed by atoms with Crippen molar-refractivity contribution >= 4 is 17.6 Å². The summed E-state index contributed by atoms with van der Waals surface area (Å²) >= 11 is 0. The van der Waals surface area contributed by atoms with Crippen LogP contribution in [-0.2, 0) is 0 Å². The molecule has 0 aliphatic rings. The summed E-state index contributed by atoms with van der Waals surface area (Å²) < 4.78 is 12.5. The Morgan fingerprint density at radius 2 is 1.27 bits per heavy atom. The maximum Gasteiger partial charge on any atom is 1.00 e. The molecule has 0 heterocycles. The molecule has 2 rings (SSSR count). The van der Waals surface area contributed by atoms with Crippen LogP contribution in [0.25, 0.3) is 5.32 Å². The number of halogens is 1. The van der Waals surface area contributed by atoms with Gasteiger partial charge in [-0.05, 0) is 38.1 Å². The third-order valence-corrected chi connectivity index (χ3v) is 3.79. The maximum absolute atomic E-state index is 12.5. The molecule has 0 aliphatic carbocycles. The average molecular weight is 412 g/mol. The molecule has 0 saturated carbocycles. The summed E-state index contributed by atoms with van der Waals surface area (Å²) in [5.41, 5.74) is 0.878. The average Bonchev–Trinajstić information content (AvgIpc) is 2.71. The van der Waals surface area contributed by atoms with E-state index in [2.05, 4.69) is 5.32 Å². The number of nitrogens with zero attached hydrogens (tertiary/aromatic N) is 2. The number of carboxylic acids is 2. The Hall–Kier alpha value is -2.33. The van der Waals surface area contributed by atoms with Gasteiger partial charge in [-0.2, -0.15) is 13.1 Å². The van der Waals surface area contributed by atoms with E-state index in [1.807, 2.05) is 44.7 Å². The van der Waals surface area contributed by atoms with Crippen molar-refractivity contribution in [2.75, 3.05) is 31.1 Å². The van der Waals surface area contributed by atoms with Gasteiger partial charge in [0.05, 0.1) is 16.8 Å². The molecule has 0 unspecified atom stereocenters. The van der Waals surface area contributed by atoms with Gasteiger partial charge in [-0.3, -0.25) is 0 Å². The van der Waals surface area contributed by atoms with E-state index in [1.165, 1.54) is 18.2 Å². The van der Waals surface area contributed by atoms with Crippen LogP contribution in [0.4, 0.5) is 10.1 Å². The molecule has 30 heavy (non-hydrogen) atoms. The second-order valence-corrected chi connectivity index (χ2v) is 5.64. The van der Waals surface area contributed by atoms with E-state index >= 15 is 0 Å². The zero-order chi connectivity index (χ0) is 22.2. The van der Waals surface area contributed by atoms with Crippen molar-refractivity contribution in [3.8, 4) is 0 Å². The molecular weight excluding hydrogens is 382 g/mol. The number of benzene rings is 2. The third-order valence-electron chi connectivity index (χ3n) is 3.79. The molecule has 6 nitrogen and oxygen atoms in total. The number of aromatic carboxylic acids is 2. The largest absolute Gasteiger partial charge is 1.00 e. The molecule has 2 aromatic rings. The van der Waals surface area contributed by atoms with Crippen molar-refractivity contribution in [1.82, 2.24) is 0 Å². The van der Waals surface area contributed by atoms with E-state index < -0.39 is 17.8 Å². The van der Waals surface area contributed by atoms with Gasteiger partial charge in [-0.1, -0.05) is 38.1 Å². The topological polar surface area (TPSA) is 91.9 Å². The summed E-state index contributed by atoms with van der Waals surface area (Å²) in [6.07, 6.45) is 0. The van der Waals surface area contributed by atoms with Crippen molar-refractivity contribution in [2.24, 2.45) is 0 Å². The molecule has 0 atom stereocenters. The standard InChI is InChI=1S/C11H15NO2.C7H5FO2.C4H10N.Li/c1-3-12(4-2)10-8-6-5-7-9(10)11(13)14;8-6-4-2-1-3-5(6)7(9)10;1-3-5-4-2;/h5-8H,3-4H2,1-2H3,(H,13,14);1-4H,(H,9,10);3-4H2,1-2H3;/q;;-1;+1. The van der Waals surface area contributed by atoms with Gasteiger partial charge in [-0.15, -0.1) is 0 Å². The van der Waals surface area contributed by atoms with Crippen LogP contribution in [0.1, 0.15) is 48.4 Å². The van der Waals surface area contributed by atoms with Gasteiger partial charge in [0.2, 0.25) is 0 Å². The maximum atomic E-state index is 12.5. The number of anilines is 1. The van der Waals surface area contributed by atoms with Crippen molar-refractivity contribution in [3.63, 3.8) is 0 Å². The zero-order valence-corrected chi connectivity index (χ0v) is 18.4. The number of hydrogen-bond acceptors (Lipinski definition) is 3. The summed E-state index contributed by atoms with van der Waals surface area (Å²) in [6, 6.07) is 12.3. The summed E-state index contributed by atoms with van der Waals surface area (Å²) in [4.78, 5) is 23.1. The molecule has 0 spiro atoms. The fourth-order valence-corrected chi connectivity index (χ4v) is 2.35. The molecule has 0 saturated heterocycles. The first kappa shape index (κ1) is 29.9. The number of hydrogen-bond donors (Lipinski definition) is 2. The van der Waals surface area contributed by atoms with Gasteiger partial charge in [0.15, 0.2) is 0 Å². The molecule has 2 N–H and O–H groups in total. The van der Waals surface area contributed by atoms with Gasteiger partial charge < -0.3 is 20.4 Å². The minimum Gasteiger partial charge on any atom is -0.663 e. The Balaban J connectivity index is 0. The van der Waals surface area contributed by atoms with E-state index in [1.54, 1.807) is 12.1 Å². The summed E-state index contributed by atoms with van der Waals surface area (Å²) in [5.74, 6) is -2.80. The smallest absolute Gasteiger partial charge is 0.663 e. The van der Waals surface area contributed by atoms with Crippen LogP contribution in [0.5, 0.6) is 0 Å². The number of rotatable bonds is 7. The van der Waals surface area contributed by atoms with Gasteiger partial charge in [-0.25, -0.2) is 14.0 Å². The van der Waals surface area contributed by atoms with Crippen LogP contribution >= 0.6 is 0 Å². The number of carbonyl (C=O) groups is 2. The Morgan fingerprint density at radius 1 is 0.833 bits per heavy atom. The number of carboxylic acid groups (broad SMARTS) is 2. The summed E-state index contributed by atoms with van der Waals surface area (Å²) in [6.45, 7) is 11.7. The van der Waals surface area contributed by atoms with Crippen LogP contribution < -0.4 is 23.8 Å². The molecule has 0 amide bonds. The first-order valence-corrected chi connectivity index (χ1v) is 9.52. The molecule has 0 radical (unpaired) electrons. The third kappa shape index (κ3) is 11.0. The molecule has 0 fully saturated rings. The van der Waals surface area contributed by atoms with E-state index in [0.717, 1.165) is 37.9 Å². The van der Waals surface area contributed by atoms with Crippen LogP contribution in [0.2, 0.25) is 0 Å². The normalized spacial score (nSPS) is 9.10. The first-order chi connectivity index (χ1) is 13.8. The van der Waals surface area contributed by atoms with Crippen molar-refractivity contribution in [2.45, 2.75) is 27.7 Å². The molecule has 2 aromatic carbocycles. The van der Waals surface area contributed by atoms with Gasteiger partial charge in [0.1, 0.15) is 5.82 Å². The number of para-hydroxylation sites is 1. The van der Waals surface area contributed by atoms with E-state index in [9.17, 15) is 14.0 Å². The SMILES string of the molecule is CCN(CC)c1ccccc1C(=O)O.CC[N-]CC.O=C(O)c1ccccc1F.[Li+]. The predicted octanol–water partition coefficient (Wildman–Crippen LogP) is 2.16. The second-order valence-electron chi connectivity index (χ2n) is 5.64. The van der Waals surface area contributed by atoms with E-state index in [4.69, 9.17) is 10.2 Å². The fraction of sp³-hybridized carbons (Fsp3) is 0.364. The minimum atomic E-state index is -1.24. The molecule has 0 bridgehead atoms. The van der Waals surface area contributed by atoms with Gasteiger partial charge in [0.25, 0.3) is 0 Å². The van der Waals surface area contributed by atoms with Crippen LogP contribution in [0.3, 0.4) is 0 Å². The molecule has 8 heteroatoms. The minimum absolute atomic E-state index is 0. The van der Waals surface area contributed by atoms with Crippen molar-refractivity contribution in [1.29, 1.82) is 0 Å². The molecule has 160 valence electrons. The monoisotopic (exact) mass is 412 g/mol. The van der Waals surface area contributed by atoms with Crippen LogP contribution in [-0.4, -0.2) is 48.3 Å². The Morgan fingerprint density at radius 3 is 1.60 bits per heavy atom. The van der Waals surface area contributed by atoms with Gasteiger partial charge >= 0.3 is 30.8 Å². The molecule has 0 aromatic heterocycles.